The van der Waals surface area contributed by atoms with Crippen LogP contribution in [0.25, 0.3) is 0 Å². The third-order valence-corrected chi connectivity index (χ3v) is 4.09. The van der Waals surface area contributed by atoms with E-state index >= 15 is 0 Å². The predicted molar refractivity (Wildman–Crippen MR) is 85.3 cm³/mol. The number of thioether (sulfide) groups is 1. The minimum atomic E-state index is 0.0882. The average Bonchev–Trinajstić information content (AvgIpc) is 2.43. The van der Waals surface area contributed by atoms with E-state index in [-0.39, 0.29) is 11.9 Å². The summed E-state index contributed by atoms with van der Waals surface area (Å²) in [6.45, 7) is 4.15. The highest BCUT2D eigenvalue weighted by Crippen LogP contribution is 2.20. The lowest BCUT2D eigenvalue weighted by Gasteiger charge is -2.27. The second-order valence-electron chi connectivity index (χ2n) is 4.73. The van der Waals surface area contributed by atoms with Gasteiger partial charge in [0.15, 0.2) is 0 Å². The normalized spacial score (nSPS) is 12.1. The summed E-state index contributed by atoms with van der Waals surface area (Å²) in [6, 6.07) is 6.19. The molecule has 1 N–H and O–H groups in total. The Balaban J connectivity index is 2.99. The van der Waals surface area contributed by atoms with Crippen LogP contribution in [0.5, 0.6) is 0 Å². The Morgan fingerprint density at radius 1 is 1.47 bits per heavy atom. The van der Waals surface area contributed by atoms with E-state index in [4.69, 9.17) is 0 Å². The van der Waals surface area contributed by atoms with Gasteiger partial charge in [0.2, 0.25) is 0 Å². The first-order valence-electron chi connectivity index (χ1n) is 6.59. The summed E-state index contributed by atoms with van der Waals surface area (Å²) >= 11 is 1.78. The summed E-state index contributed by atoms with van der Waals surface area (Å²) in [5, 5.41) is 3.11. The molecule has 0 fully saturated rings. The summed E-state index contributed by atoms with van der Waals surface area (Å²) < 4.78 is 0. The van der Waals surface area contributed by atoms with Gasteiger partial charge in [0.25, 0.3) is 5.91 Å². The molecule has 3 nitrogen and oxygen atoms in total. The van der Waals surface area contributed by atoms with Gasteiger partial charge in [-0.2, -0.15) is 11.8 Å². The number of carbonyl (C=O) groups excluding carboxylic acids is 1. The van der Waals surface area contributed by atoms with Gasteiger partial charge in [-0.3, -0.25) is 4.79 Å². The van der Waals surface area contributed by atoms with Gasteiger partial charge in [-0.15, -0.1) is 0 Å². The molecule has 0 aromatic heterocycles. The number of anilines is 1. The van der Waals surface area contributed by atoms with Crippen molar-refractivity contribution < 1.29 is 4.79 Å². The lowest BCUT2D eigenvalue weighted by Crippen LogP contribution is -2.38. The van der Waals surface area contributed by atoms with Crippen LogP contribution in [0.3, 0.4) is 0 Å². The largest absolute Gasteiger partial charge is 0.387 e. The van der Waals surface area contributed by atoms with Crippen molar-refractivity contribution in [1.29, 1.82) is 0 Å². The molecule has 1 rings (SSSR count). The van der Waals surface area contributed by atoms with Gasteiger partial charge in [0.1, 0.15) is 0 Å². The zero-order valence-electron chi connectivity index (χ0n) is 12.5. The Hall–Kier alpha value is -1.16. The van der Waals surface area contributed by atoms with Gasteiger partial charge in [-0.1, -0.05) is 13.0 Å². The molecule has 0 aliphatic rings. The molecule has 0 bridgehead atoms. The number of carbonyl (C=O) groups is 1. The summed E-state index contributed by atoms with van der Waals surface area (Å²) in [5.74, 6) is 1.06. The fourth-order valence-electron chi connectivity index (χ4n) is 2.10. The number of nitrogens with one attached hydrogen (secondary N) is 1. The maximum atomic E-state index is 12.6. The Morgan fingerprint density at radius 3 is 2.68 bits per heavy atom. The highest BCUT2D eigenvalue weighted by molar-refractivity contribution is 7.98. The van der Waals surface area contributed by atoms with Crippen LogP contribution >= 0.6 is 11.8 Å². The van der Waals surface area contributed by atoms with Crippen LogP contribution in [0.2, 0.25) is 0 Å². The molecular weight excluding hydrogens is 256 g/mol. The summed E-state index contributed by atoms with van der Waals surface area (Å²) in [7, 11) is 3.75. The Kier molecular flexibility index (Phi) is 6.22. The van der Waals surface area contributed by atoms with Crippen LogP contribution in [0.15, 0.2) is 18.2 Å². The fourth-order valence-corrected chi connectivity index (χ4v) is 2.95. The summed E-state index contributed by atoms with van der Waals surface area (Å²) in [4.78, 5) is 14.5. The zero-order chi connectivity index (χ0) is 14.4. The van der Waals surface area contributed by atoms with Crippen molar-refractivity contribution >= 4 is 23.4 Å². The van der Waals surface area contributed by atoms with E-state index in [2.05, 4.69) is 18.5 Å². The minimum absolute atomic E-state index is 0.0882. The van der Waals surface area contributed by atoms with Crippen molar-refractivity contribution in [2.45, 2.75) is 26.3 Å². The third-order valence-electron chi connectivity index (χ3n) is 3.37. The molecule has 0 heterocycles. The zero-order valence-corrected chi connectivity index (χ0v) is 13.3. The average molecular weight is 280 g/mol. The molecule has 4 heteroatoms. The number of nitrogens with zero attached hydrogens (tertiary/aromatic N) is 1. The maximum Gasteiger partial charge on any atom is 0.255 e. The molecule has 0 spiro atoms. The van der Waals surface area contributed by atoms with E-state index in [9.17, 15) is 4.79 Å². The van der Waals surface area contributed by atoms with Crippen LogP contribution in [-0.4, -0.2) is 43.0 Å². The molecule has 1 aromatic carbocycles. The molecule has 0 aliphatic heterocycles. The first kappa shape index (κ1) is 15.9. The van der Waals surface area contributed by atoms with Crippen LogP contribution in [-0.2, 0) is 0 Å². The minimum Gasteiger partial charge on any atom is -0.387 e. The highest BCUT2D eigenvalue weighted by Gasteiger charge is 2.21. The molecule has 0 saturated heterocycles. The first-order valence-corrected chi connectivity index (χ1v) is 7.99. The van der Waals surface area contributed by atoms with Crippen LogP contribution in [0.4, 0.5) is 5.69 Å². The lowest BCUT2D eigenvalue weighted by atomic mass is 10.1. The number of hydrogen-bond donors (Lipinski definition) is 1. The molecule has 1 aromatic rings. The quantitative estimate of drug-likeness (QED) is 0.868. The van der Waals surface area contributed by atoms with Crippen LogP contribution in [0.1, 0.15) is 29.3 Å². The van der Waals surface area contributed by atoms with Gasteiger partial charge in [-0.05, 0) is 37.3 Å². The number of amides is 1. The Labute approximate surface area is 120 Å². The number of aryl methyl sites for hydroxylation is 1. The second kappa shape index (κ2) is 7.43. The van der Waals surface area contributed by atoms with Gasteiger partial charge in [0.05, 0.1) is 5.56 Å². The SMILES string of the molecule is CCC(CSC)N(C)C(=O)c1ccc(C)cc1NC. The van der Waals surface area contributed by atoms with Crippen molar-refractivity contribution in [1.82, 2.24) is 4.90 Å². The molecule has 0 radical (unpaired) electrons. The highest BCUT2D eigenvalue weighted by atomic mass is 32.2. The van der Waals surface area contributed by atoms with E-state index in [0.717, 1.165) is 29.0 Å². The summed E-state index contributed by atoms with van der Waals surface area (Å²) in [6.07, 6.45) is 3.05. The lowest BCUT2D eigenvalue weighted by molar-refractivity contribution is 0.0744. The first-order chi connectivity index (χ1) is 9.04. The van der Waals surface area contributed by atoms with Gasteiger partial charge >= 0.3 is 0 Å². The topological polar surface area (TPSA) is 32.3 Å². The molecule has 1 amide bonds. The van der Waals surface area contributed by atoms with Gasteiger partial charge < -0.3 is 10.2 Å². The van der Waals surface area contributed by atoms with E-state index in [1.54, 1.807) is 11.8 Å². The molecular formula is C15H24N2OS. The predicted octanol–water partition coefficient (Wildman–Crippen LogP) is 3.25. The molecule has 1 unspecified atom stereocenters. The Bertz CT molecular complexity index is 434. The number of benzene rings is 1. The van der Waals surface area contributed by atoms with Gasteiger partial charge in [0, 0.05) is 31.6 Å². The number of rotatable bonds is 6. The van der Waals surface area contributed by atoms with Crippen LogP contribution in [0, 0.1) is 6.92 Å². The van der Waals surface area contributed by atoms with Crippen molar-refractivity contribution in [2.24, 2.45) is 0 Å². The molecule has 106 valence electrons. The molecule has 19 heavy (non-hydrogen) atoms. The van der Waals surface area contributed by atoms with Crippen molar-refractivity contribution in [3.8, 4) is 0 Å². The van der Waals surface area contributed by atoms with Crippen LogP contribution < -0.4 is 5.32 Å². The monoisotopic (exact) mass is 280 g/mol. The van der Waals surface area contributed by atoms with Crippen molar-refractivity contribution in [2.75, 3.05) is 31.4 Å². The van der Waals surface area contributed by atoms with E-state index in [0.29, 0.717) is 0 Å². The standard InChI is InChI=1S/C15H24N2OS/c1-6-12(10-19-5)17(4)15(18)13-8-7-11(2)9-14(13)16-3/h7-9,12,16H,6,10H2,1-5H3. The van der Waals surface area contributed by atoms with Crippen molar-refractivity contribution in [3.05, 3.63) is 29.3 Å². The molecule has 0 saturated carbocycles. The fraction of sp³-hybridized carbons (Fsp3) is 0.533. The van der Waals surface area contributed by atoms with Gasteiger partial charge in [-0.25, -0.2) is 0 Å². The number of hydrogen-bond acceptors (Lipinski definition) is 3. The molecule has 0 aliphatic carbocycles. The van der Waals surface area contributed by atoms with E-state index < -0.39 is 0 Å². The second-order valence-corrected chi connectivity index (χ2v) is 5.64. The van der Waals surface area contributed by atoms with Crippen molar-refractivity contribution in [3.63, 3.8) is 0 Å². The third kappa shape index (κ3) is 3.90. The smallest absolute Gasteiger partial charge is 0.255 e. The maximum absolute atomic E-state index is 12.6. The molecule has 1 atom stereocenters. The van der Waals surface area contributed by atoms with E-state index in [1.807, 2.05) is 44.1 Å². The summed E-state index contributed by atoms with van der Waals surface area (Å²) in [5.41, 5.74) is 2.80. The van der Waals surface area contributed by atoms with E-state index in [1.165, 1.54) is 0 Å². The Morgan fingerprint density at radius 2 is 2.16 bits per heavy atom.